The molecule has 0 saturated carbocycles. The molecule has 2 aromatic carbocycles. The van der Waals surface area contributed by atoms with Crippen LogP contribution in [0.4, 0.5) is 4.39 Å². The van der Waals surface area contributed by atoms with Gasteiger partial charge in [0.1, 0.15) is 22.6 Å². The number of nitrogens with one attached hydrogen (secondary N) is 1. The monoisotopic (exact) mass is 437 g/mol. The fourth-order valence-corrected chi connectivity index (χ4v) is 4.59. The molecule has 29 heavy (non-hydrogen) atoms. The van der Waals surface area contributed by atoms with Gasteiger partial charge in [-0.15, -0.1) is 0 Å². The molecular weight excluding hydrogens is 421 g/mol. The number of methoxy groups -OCH3 is 1. The molecule has 0 radical (unpaired) electrons. The Labute approximate surface area is 172 Å². The SMILES string of the molecule is COc1ccc(S(=O)(=O)[C@@H](CNC(=O)c2c(F)cccc2Cl)c2ccco2)cc1. The molecule has 0 saturated heterocycles. The zero-order valence-corrected chi connectivity index (χ0v) is 16.8. The maximum atomic E-state index is 14.0. The van der Waals surface area contributed by atoms with E-state index in [2.05, 4.69) is 5.32 Å². The lowest BCUT2D eigenvalue weighted by Gasteiger charge is -2.17. The van der Waals surface area contributed by atoms with Crippen LogP contribution in [0, 0.1) is 5.82 Å². The molecule has 9 heteroatoms. The largest absolute Gasteiger partial charge is 0.497 e. The molecular formula is C20H17ClFNO5S. The van der Waals surface area contributed by atoms with Crippen LogP contribution in [0.1, 0.15) is 21.4 Å². The van der Waals surface area contributed by atoms with Gasteiger partial charge in [-0.3, -0.25) is 4.79 Å². The highest BCUT2D eigenvalue weighted by Gasteiger charge is 2.32. The summed E-state index contributed by atoms with van der Waals surface area (Å²) in [6, 6.07) is 12.7. The molecule has 6 nitrogen and oxygen atoms in total. The Morgan fingerprint density at radius 1 is 1.17 bits per heavy atom. The molecule has 0 aliphatic heterocycles. The summed E-state index contributed by atoms with van der Waals surface area (Å²) in [4.78, 5) is 12.5. The van der Waals surface area contributed by atoms with Gasteiger partial charge in [-0.2, -0.15) is 0 Å². The molecule has 0 aliphatic rings. The highest BCUT2D eigenvalue weighted by molar-refractivity contribution is 7.91. The van der Waals surface area contributed by atoms with E-state index in [-0.39, 0.29) is 27.8 Å². The highest BCUT2D eigenvalue weighted by Crippen LogP contribution is 2.30. The Hall–Kier alpha value is -2.84. The lowest BCUT2D eigenvalue weighted by Crippen LogP contribution is -2.32. The normalized spacial score (nSPS) is 12.4. The first-order valence-electron chi connectivity index (χ1n) is 8.48. The van der Waals surface area contributed by atoms with Crippen LogP contribution >= 0.6 is 11.6 Å². The molecule has 3 aromatic rings. The van der Waals surface area contributed by atoms with Crippen molar-refractivity contribution in [3.05, 3.63) is 83.0 Å². The Morgan fingerprint density at radius 2 is 1.90 bits per heavy atom. The van der Waals surface area contributed by atoms with Crippen molar-refractivity contribution in [2.75, 3.05) is 13.7 Å². The van der Waals surface area contributed by atoms with Gasteiger partial charge in [0.2, 0.25) is 0 Å². The number of carbonyl (C=O) groups is 1. The lowest BCUT2D eigenvalue weighted by atomic mass is 10.2. The lowest BCUT2D eigenvalue weighted by molar-refractivity contribution is 0.0949. The first-order valence-corrected chi connectivity index (χ1v) is 10.4. The number of carbonyl (C=O) groups excluding carboxylic acids is 1. The van der Waals surface area contributed by atoms with E-state index in [4.69, 9.17) is 20.8 Å². The number of furan rings is 1. The molecule has 0 spiro atoms. The maximum Gasteiger partial charge on any atom is 0.255 e. The number of hydrogen-bond acceptors (Lipinski definition) is 5. The van der Waals surface area contributed by atoms with E-state index in [9.17, 15) is 17.6 Å². The van der Waals surface area contributed by atoms with Gasteiger partial charge < -0.3 is 14.5 Å². The standard InChI is InChI=1S/C20H17ClFNO5S/c1-27-13-7-9-14(10-8-13)29(25,26)18(17-6-3-11-28-17)12-23-20(24)19-15(21)4-2-5-16(19)22/h2-11,18H,12H2,1H3,(H,23,24)/t18-/m0/s1. The van der Waals surface area contributed by atoms with E-state index >= 15 is 0 Å². The third kappa shape index (κ3) is 4.44. The number of ether oxygens (including phenoxy) is 1. The molecule has 1 aromatic heterocycles. The minimum Gasteiger partial charge on any atom is -0.497 e. The molecule has 3 rings (SSSR count). The summed E-state index contributed by atoms with van der Waals surface area (Å²) in [6.07, 6.45) is 1.33. The van der Waals surface area contributed by atoms with E-state index in [1.807, 2.05) is 0 Å². The van der Waals surface area contributed by atoms with Gasteiger partial charge in [0.25, 0.3) is 5.91 Å². The third-order valence-electron chi connectivity index (χ3n) is 4.26. The first-order chi connectivity index (χ1) is 13.8. The van der Waals surface area contributed by atoms with Gasteiger partial charge in [-0.05, 0) is 48.5 Å². The number of amides is 1. The summed E-state index contributed by atoms with van der Waals surface area (Å²) in [5, 5.41) is 1.14. The third-order valence-corrected chi connectivity index (χ3v) is 6.65. The topological polar surface area (TPSA) is 85.6 Å². The number of halogens is 2. The van der Waals surface area contributed by atoms with Crippen LogP contribution in [0.15, 0.2) is 70.2 Å². The molecule has 1 amide bonds. The summed E-state index contributed by atoms with van der Waals surface area (Å²) >= 11 is 5.90. The van der Waals surface area contributed by atoms with Gasteiger partial charge in [-0.25, -0.2) is 12.8 Å². The van der Waals surface area contributed by atoms with E-state index in [0.29, 0.717) is 5.75 Å². The predicted octanol–water partition coefficient (Wildman–Crippen LogP) is 4.03. The molecule has 0 bridgehead atoms. The number of hydrogen-bond donors (Lipinski definition) is 1. The zero-order chi connectivity index (χ0) is 21.0. The van der Waals surface area contributed by atoms with Gasteiger partial charge in [0, 0.05) is 6.54 Å². The number of benzene rings is 2. The second kappa shape index (κ2) is 8.67. The van der Waals surface area contributed by atoms with Crippen LogP contribution in [0.5, 0.6) is 5.75 Å². The van der Waals surface area contributed by atoms with Crippen molar-refractivity contribution < 1.29 is 26.8 Å². The average molecular weight is 438 g/mol. The molecule has 0 unspecified atom stereocenters. The van der Waals surface area contributed by atoms with Crippen molar-refractivity contribution in [3.63, 3.8) is 0 Å². The number of sulfone groups is 1. The van der Waals surface area contributed by atoms with Gasteiger partial charge in [0.05, 0.1) is 28.9 Å². The average Bonchev–Trinajstić information content (AvgIpc) is 3.22. The molecule has 0 aliphatic carbocycles. The quantitative estimate of drug-likeness (QED) is 0.603. The second-order valence-corrected chi connectivity index (χ2v) is 8.57. The van der Waals surface area contributed by atoms with Crippen LogP contribution < -0.4 is 10.1 Å². The maximum absolute atomic E-state index is 14.0. The molecule has 152 valence electrons. The van der Waals surface area contributed by atoms with Crippen LogP contribution in [0.3, 0.4) is 0 Å². The fraction of sp³-hybridized carbons (Fsp3) is 0.150. The van der Waals surface area contributed by atoms with E-state index < -0.39 is 26.8 Å². The Kier molecular flexibility index (Phi) is 6.24. The smallest absolute Gasteiger partial charge is 0.255 e. The number of rotatable bonds is 7. The molecule has 1 atom stereocenters. The Bertz CT molecular complexity index is 1080. The summed E-state index contributed by atoms with van der Waals surface area (Å²) in [7, 11) is -2.47. The van der Waals surface area contributed by atoms with Crippen LogP contribution in [0.2, 0.25) is 5.02 Å². The minimum absolute atomic E-state index is 0.0258. The summed E-state index contributed by atoms with van der Waals surface area (Å²) in [5.74, 6) is -0.987. The summed E-state index contributed by atoms with van der Waals surface area (Å²) in [6.45, 7) is -0.342. The van der Waals surface area contributed by atoms with E-state index in [0.717, 1.165) is 6.07 Å². The van der Waals surface area contributed by atoms with Gasteiger partial charge in [0.15, 0.2) is 9.84 Å². The highest BCUT2D eigenvalue weighted by atomic mass is 35.5. The minimum atomic E-state index is -3.94. The van der Waals surface area contributed by atoms with E-state index in [1.165, 1.54) is 55.8 Å². The van der Waals surface area contributed by atoms with Crippen molar-refractivity contribution in [3.8, 4) is 5.75 Å². The van der Waals surface area contributed by atoms with Crippen LogP contribution in [0.25, 0.3) is 0 Å². The Balaban J connectivity index is 1.89. The second-order valence-electron chi connectivity index (χ2n) is 6.03. The van der Waals surface area contributed by atoms with Crippen molar-refractivity contribution >= 4 is 27.3 Å². The van der Waals surface area contributed by atoms with Gasteiger partial charge in [-0.1, -0.05) is 17.7 Å². The predicted molar refractivity (Wildman–Crippen MR) is 105 cm³/mol. The summed E-state index contributed by atoms with van der Waals surface area (Å²) < 4.78 is 50.6. The van der Waals surface area contributed by atoms with Crippen molar-refractivity contribution in [1.29, 1.82) is 0 Å². The van der Waals surface area contributed by atoms with Crippen molar-refractivity contribution in [2.45, 2.75) is 10.1 Å². The van der Waals surface area contributed by atoms with Crippen molar-refractivity contribution in [2.24, 2.45) is 0 Å². The first kappa shape index (κ1) is 20.9. The summed E-state index contributed by atoms with van der Waals surface area (Å²) in [5.41, 5.74) is -0.353. The molecule has 1 N–H and O–H groups in total. The van der Waals surface area contributed by atoms with Gasteiger partial charge >= 0.3 is 0 Å². The zero-order valence-electron chi connectivity index (χ0n) is 15.3. The van der Waals surface area contributed by atoms with Crippen LogP contribution in [-0.2, 0) is 9.84 Å². The Morgan fingerprint density at radius 3 is 2.48 bits per heavy atom. The fourth-order valence-electron chi connectivity index (χ4n) is 2.76. The van der Waals surface area contributed by atoms with E-state index in [1.54, 1.807) is 6.07 Å². The van der Waals surface area contributed by atoms with Crippen LogP contribution in [-0.4, -0.2) is 28.0 Å². The molecule has 1 heterocycles. The van der Waals surface area contributed by atoms with Crippen molar-refractivity contribution in [1.82, 2.24) is 5.32 Å². The molecule has 0 fully saturated rings.